The highest BCUT2D eigenvalue weighted by atomic mass is 19.4. The highest BCUT2D eigenvalue weighted by molar-refractivity contribution is 5.89. The van der Waals surface area contributed by atoms with Crippen LogP contribution in [0, 0.1) is 13.8 Å². The van der Waals surface area contributed by atoms with Gasteiger partial charge in [0.25, 0.3) is 0 Å². The first kappa shape index (κ1) is 19.7. The van der Waals surface area contributed by atoms with Crippen molar-refractivity contribution in [2.45, 2.75) is 32.5 Å². The molecule has 2 heterocycles. The van der Waals surface area contributed by atoms with Crippen LogP contribution in [0.1, 0.15) is 16.7 Å². The lowest BCUT2D eigenvalue weighted by atomic mass is 10.0. The number of carbonyl (C=O) groups excluding carboxylic acids is 1. The largest absolute Gasteiger partial charge is 0.464 e. The number of rotatable bonds is 5. The first-order chi connectivity index (χ1) is 12.8. The highest BCUT2D eigenvalue weighted by Gasteiger charge is 2.43. The number of alkyl halides is 3. The summed E-state index contributed by atoms with van der Waals surface area (Å²) in [7, 11) is 0. The summed E-state index contributed by atoms with van der Waals surface area (Å²) >= 11 is 0. The van der Waals surface area contributed by atoms with Gasteiger partial charge in [-0.3, -0.25) is 9.69 Å². The second kappa shape index (κ2) is 7.90. The standard InChI is InChI=1S/C19H24F3N3O2/c1-12-3-4-15-14(11-27-18(15)13(12)2)9-17(26)24-10-16(19(20,21)22)25-7-5-23-6-8-25/h3-4,11,16,23H,5-10H2,1-2H3,(H,24,26). The summed E-state index contributed by atoms with van der Waals surface area (Å²) in [5.74, 6) is -0.444. The molecule has 0 saturated carbocycles. The van der Waals surface area contributed by atoms with Gasteiger partial charge >= 0.3 is 6.18 Å². The van der Waals surface area contributed by atoms with Crippen molar-refractivity contribution in [1.82, 2.24) is 15.5 Å². The van der Waals surface area contributed by atoms with E-state index in [9.17, 15) is 18.0 Å². The van der Waals surface area contributed by atoms with Gasteiger partial charge in [-0.1, -0.05) is 12.1 Å². The number of hydrogen-bond acceptors (Lipinski definition) is 4. The van der Waals surface area contributed by atoms with Crippen molar-refractivity contribution in [3.8, 4) is 0 Å². The lowest BCUT2D eigenvalue weighted by Crippen LogP contribution is -2.57. The molecule has 0 aliphatic carbocycles. The van der Waals surface area contributed by atoms with Gasteiger partial charge in [0.05, 0.1) is 12.7 Å². The predicted octanol–water partition coefficient (Wildman–Crippen LogP) is 2.54. The second-order valence-electron chi connectivity index (χ2n) is 6.97. The van der Waals surface area contributed by atoms with Gasteiger partial charge in [0.2, 0.25) is 5.91 Å². The summed E-state index contributed by atoms with van der Waals surface area (Å²) in [6, 6.07) is 2.15. The molecule has 0 radical (unpaired) electrons. The molecule has 1 aromatic heterocycles. The van der Waals surface area contributed by atoms with Gasteiger partial charge in [-0.2, -0.15) is 13.2 Å². The van der Waals surface area contributed by atoms with Crippen molar-refractivity contribution < 1.29 is 22.4 Å². The average Bonchev–Trinajstić information content (AvgIpc) is 3.01. The molecule has 2 N–H and O–H groups in total. The Morgan fingerprint density at radius 3 is 2.67 bits per heavy atom. The third-order valence-electron chi connectivity index (χ3n) is 5.16. The Morgan fingerprint density at radius 1 is 1.30 bits per heavy atom. The smallest absolute Gasteiger partial charge is 0.405 e. The molecule has 1 saturated heterocycles. The van der Waals surface area contributed by atoms with E-state index in [0.29, 0.717) is 37.3 Å². The quantitative estimate of drug-likeness (QED) is 0.833. The number of furan rings is 1. The molecule has 1 aliphatic rings. The zero-order valence-corrected chi connectivity index (χ0v) is 15.4. The van der Waals surface area contributed by atoms with E-state index in [0.717, 1.165) is 16.5 Å². The molecular weight excluding hydrogens is 359 g/mol. The number of halogens is 3. The van der Waals surface area contributed by atoms with E-state index in [1.54, 1.807) is 0 Å². The van der Waals surface area contributed by atoms with E-state index in [2.05, 4.69) is 10.6 Å². The fourth-order valence-corrected chi connectivity index (χ4v) is 3.42. The molecule has 2 aromatic rings. The van der Waals surface area contributed by atoms with Crippen LogP contribution in [0.15, 0.2) is 22.8 Å². The van der Waals surface area contributed by atoms with Gasteiger partial charge in [0, 0.05) is 43.7 Å². The second-order valence-corrected chi connectivity index (χ2v) is 6.97. The highest BCUT2D eigenvalue weighted by Crippen LogP contribution is 2.27. The van der Waals surface area contributed by atoms with Gasteiger partial charge in [-0.25, -0.2) is 0 Å². The van der Waals surface area contributed by atoms with Crippen LogP contribution in [0.3, 0.4) is 0 Å². The van der Waals surface area contributed by atoms with Crippen molar-refractivity contribution in [3.05, 3.63) is 35.1 Å². The molecular formula is C19H24F3N3O2. The number of amides is 1. The zero-order valence-electron chi connectivity index (χ0n) is 15.4. The summed E-state index contributed by atoms with van der Waals surface area (Å²) in [6.45, 7) is 5.11. The van der Waals surface area contributed by atoms with Crippen LogP contribution in [0.2, 0.25) is 0 Å². The molecule has 27 heavy (non-hydrogen) atoms. The van der Waals surface area contributed by atoms with Crippen molar-refractivity contribution in [2.75, 3.05) is 32.7 Å². The fourth-order valence-electron chi connectivity index (χ4n) is 3.42. The van der Waals surface area contributed by atoms with Crippen LogP contribution in [0.4, 0.5) is 13.2 Å². The SMILES string of the molecule is Cc1ccc2c(CC(=O)NCC(N3CCNCC3)C(F)(F)F)coc2c1C. The minimum absolute atomic E-state index is 0.0123. The topological polar surface area (TPSA) is 57.5 Å². The van der Waals surface area contributed by atoms with E-state index in [-0.39, 0.29) is 6.42 Å². The molecule has 148 valence electrons. The molecule has 8 heteroatoms. The Morgan fingerprint density at radius 2 is 2.00 bits per heavy atom. The van der Waals surface area contributed by atoms with Gasteiger partial charge in [0.15, 0.2) is 0 Å². The third-order valence-corrected chi connectivity index (χ3v) is 5.16. The molecule has 0 spiro atoms. The number of nitrogens with zero attached hydrogens (tertiary/aromatic N) is 1. The Kier molecular flexibility index (Phi) is 5.76. The van der Waals surface area contributed by atoms with Crippen LogP contribution in [-0.2, 0) is 11.2 Å². The number of aryl methyl sites for hydroxylation is 2. The molecule has 1 atom stereocenters. The number of nitrogens with one attached hydrogen (secondary N) is 2. The van der Waals surface area contributed by atoms with E-state index in [4.69, 9.17) is 4.42 Å². The van der Waals surface area contributed by atoms with E-state index >= 15 is 0 Å². The third kappa shape index (κ3) is 4.44. The lowest BCUT2D eigenvalue weighted by Gasteiger charge is -2.35. The molecule has 5 nitrogen and oxygen atoms in total. The maximum Gasteiger partial charge on any atom is 0.405 e. The Bertz CT molecular complexity index is 810. The van der Waals surface area contributed by atoms with Crippen molar-refractivity contribution in [2.24, 2.45) is 0 Å². The first-order valence-electron chi connectivity index (χ1n) is 9.02. The molecule has 0 bridgehead atoms. The van der Waals surface area contributed by atoms with Gasteiger partial charge in [-0.05, 0) is 25.0 Å². The average molecular weight is 383 g/mol. The summed E-state index contributed by atoms with van der Waals surface area (Å²) in [4.78, 5) is 13.6. The van der Waals surface area contributed by atoms with Crippen LogP contribution in [0.25, 0.3) is 11.0 Å². The van der Waals surface area contributed by atoms with Gasteiger partial charge in [0.1, 0.15) is 11.6 Å². The van der Waals surface area contributed by atoms with Crippen molar-refractivity contribution in [1.29, 1.82) is 0 Å². The predicted molar refractivity (Wildman–Crippen MR) is 96.7 cm³/mol. The van der Waals surface area contributed by atoms with Gasteiger partial charge in [-0.15, -0.1) is 0 Å². The summed E-state index contributed by atoms with van der Waals surface area (Å²) in [6.07, 6.45) is -2.89. The van der Waals surface area contributed by atoms with Crippen LogP contribution in [-0.4, -0.2) is 55.7 Å². The molecule has 1 amide bonds. The lowest BCUT2D eigenvalue weighted by molar-refractivity contribution is -0.184. The number of benzene rings is 1. The fraction of sp³-hybridized carbons (Fsp3) is 0.526. The normalized spacial score (nSPS) is 17.2. The number of carbonyl (C=O) groups is 1. The summed E-state index contributed by atoms with van der Waals surface area (Å²) in [5.41, 5.74) is 3.47. The molecule has 1 aromatic carbocycles. The van der Waals surface area contributed by atoms with E-state index in [1.807, 2.05) is 26.0 Å². The molecule has 1 aliphatic heterocycles. The number of piperazine rings is 1. The van der Waals surface area contributed by atoms with E-state index in [1.165, 1.54) is 11.2 Å². The number of fused-ring (bicyclic) bond motifs is 1. The molecule has 3 rings (SSSR count). The van der Waals surface area contributed by atoms with Crippen molar-refractivity contribution >= 4 is 16.9 Å². The molecule has 1 fully saturated rings. The monoisotopic (exact) mass is 383 g/mol. The Hall–Kier alpha value is -2.06. The molecule has 1 unspecified atom stereocenters. The Labute approximate surface area is 155 Å². The minimum atomic E-state index is -4.39. The summed E-state index contributed by atoms with van der Waals surface area (Å²) in [5, 5.41) is 6.31. The minimum Gasteiger partial charge on any atom is -0.464 e. The Balaban J connectivity index is 1.65. The maximum atomic E-state index is 13.4. The van der Waals surface area contributed by atoms with Gasteiger partial charge < -0.3 is 15.1 Å². The van der Waals surface area contributed by atoms with Crippen molar-refractivity contribution in [3.63, 3.8) is 0 Å². The maximum absolute atomic E-state index is 13.4. The number of hydrogen-bond donors (Lipinski definition) is 2. The van der Waals surface area contributed by atoms with Crippen LogP contribution >= 0.6 is 0 Å². The van der Waals surface area contributed by atoms with Crippen LogP contribution < -0.4 is 10.6 Å². The first-order valence-corrected chi connectivity index (χ1v) is 9.02. The van der Waals surface area contributed by atoms with Crippen LogP contribution in [0.5, 0.6) is 0 Å². The zero-order chi connectivity index (χ0) is 19.6. The van der Waals surface area contributed by atoms with E-state index < -0.39 is 24.7 Å². The summed E-state index contributed by atoms with van der Waals surface area (Å²) < 4.78 is 45.7.